The Morgan fingerprint density at radius 3 is 2.38 bits per heavy atom. The molecule has 156 valence electrons. The number of hydrogen-bond acceptors (Lipinski definition) is 4. The van der Waals surface area contributed by atoms with Crippen LogP contribution in [0.4, 0.5) is 0 Å². The van der Waals surface area contributed by atoms with Gasteiger partial charge in [0.1, 0.15) is 0 Å². The second kappa shape index (κ2) is 10.3. The van der Waals surface area contributed by atoms with E-state index in [1.807, 2.05) is 12.1 Å². The molecule has 1 fully saturated rings. The van der Waals surface area contributed by atoms with Crippen molar-refractivity contribution >= 4 is 5.91 Å². The van der Waals surface area contributed by atoms with Crippen LogP contribution in [0.5, 0.6) is 11.5 Å². The van der Waals surface area contributed by atoms with Gasteiger partial charge < -0.3 is 14.8 Å². The van der Waals surface area contributed by atoms with Gasteiger partial charge in [-0.3, -0.25) is 9.69 Å². The highest BCUT2D eigenvalue weighted by Crippen LogP contribution is 2.33. The first kappa shape index (κ1) is 21.2. The standard InChI is InChI=1S/C24H32N2O3/c1-18-6-8-19(9-7-18)10-13-24(27)25-17-21(26-14-4-5-15-26)20-11-12-22(28-2)23(16-20)29-3/h6-9,11-12,16,21H,4-5,10,13-15,17H2,1-3H3,(H,25,27). The summed E-state index contributed by atoms with van der Waals surface area (Å²) in [5.41, 5.74) is 3.58. The molecule has 0 saturated carbocycles. The van der Waals surface area contributed by atoms with Crippen LogP contribution in [-0.4, -0.2) is 44.7 Å². The topological polar surface area (TPSA) is 50.8 Å². The predicted octanol–water partition coefficient (Wildman–Crippen LogP) is 3.90. The molecule has 5 nitrogen and oxygen atoms in total. The second-order valence-corrected chi connectivity index (χ2v) is 7.66. The first-order valence-corrected chi connectivity index (χ1v) is 10.4. The Morgan fingerprint density at radius 2 is 1.72 bits per heavy atom. The monoisotopic (exact) mass is 396 g/mol. The number of aryl methyl sites for hydroxylation is 2. The first-order chi connectivity index (χ1) is 14.1. The number of carbonyl (C=O) groups is 1. The highest BCUT2D eigenvalue weighted by Gasteiger charge is 2.25. The predicted molar refractivity (Wildman–Crippen MR) is 116 cm³/mol. The molecule has 3 rings (SSSR count). The number of benzene rings is 2. The summed E-state index contributed by atoms with van der Waals surface area (Å²) < 4.78 is 10.8. The minimum atomic E-state index is 0.0928. The van der Waals surface area contributed by atoms with E-state index < -0.39 is 0 Å². The zero-order valence-electron chi connectivity index (χ0n) is 17.7. The lowest BCUT2D eigenvalue weighted by Gasteiger charge is -2.28. The molecule has 1 aliphatic rings. The van der Waals surface area contributed by atoms with Crippen molar-refractivity contribution in [2.75, 3.05) is 33.9 Å². The number of methoxy groups -OCH3 is 2. The van der Waals surface area contributed by atoms with Gasteiger partial charge in [0.05, 0.1) is 20.3 Å². The maximum absolute atomic E-state index is 12.5. The number of nitrogens with zero attached hydrogens (tertiary/aromatic N) is 1. The SMILES string of the molecule is COc1ccc(C(CNC(=O)CCc2ccc(C)cc2)N2CCCC2)cc1OC. The average molecular weight is 397 g/mol. The third kappa shape index (κ3) is 5.73. The lowest BCUT2D eigenvalue weighted by molar-refractivity contribution is -0.121. The molecule has 5 heteroatoms. The molecule has 1 unspecified atom stereocenters. The number of amides is 1. The summed E-state index contributed by atoms with van der Waals surface area (Å²) in [5, 5.41) is 3.15. The molecule has 2 aromatic carbocycles. The smallest absolute Gasteiger partial charge is 0.220 e. The van der Waals surface area contributed by atoms with Gasteiger partial charge in [-0.25, -0.2) is 0 Å². The summed E-state index contributed by atoms with van der Waals surface area (Å²) in [6.07, 6.45) is 3.66. The van der Waals surface area contributed by atoms with E-state index in [1.165, 1.54) is 24.0 Å². The fraction of sp³-hybridized carbons (Fsp3) is 0.458. The Labute approximate surface area is 174 Å². The molecule has 2 aromatic rings. The number of rotatable bonds is 9. The van der Waals surface area contributed by atoms with E-state index in [0.717, 1.165) is 36.6 Å². The Hall–Kier alpha value is -2.53. The van der Waals surface area contributed by atoms with Gasteiger partial charge in [-0.15, -0.1) is 0 Å². The van der Waals surface area contributed by atoms with Crippen molar-refractivity contribution in [3.8, 4) is 11.5 Å². The van der Waals surface area contributed by atoms with Gasteiger partial charge in [-0.05, 0) is 62.5 Å². The third-order valence-corrected chi connectivity index (χ3v) is 5.63. The Balaban J connectivity index is 1.63. The molecule has 29 heavy (non-hydrogen) atoms. The lowest BCUT2D eigenvalue weighted by atomic mass is 10.0. The summed E-state index contributed by atoms with van der Waals surface area (Å²) in [7, 11) is 3.29. The zero-order valence-corrected chi connectivity index (χ0v) is 17.7. The molecular weight excluding hydrogens is 364 g/mol. The van der Waals surface area contributed by atoms with E-state index in [-0.39, 0.29) is 11.9 Å². The normalized spacial score (nSPS) is 15.1. The molecule has 1 atom stereocenters. The van der Waals surface area contributed by atoms with Crippen LogP contribution in [0.15, 0.2) is 42.5 Å². The lowest BCUT2D eigenvalue weighted by Crippen LogP contribution is -2.36. The third-order valence-electron chi connectivity index (χ3n) is 5.63. The average Bonchev–Trinajstić information content (AvgIpc) is 3.28. The minimum Gasteiger partial charge on any atom is -0.493 e. The molecule has 0 bridgehead atoms. The minimum absolute atomic E-state index is 0.0928. The number of hydrogen-bond donors (Lipinski definition) is 1. The fourth-order valence-electron chi connectivity index (χ4n) is 3.88. The van der Waals surface area contributed by atoms with Crippen molar-refractivity contribution in [1.82, 2.24) is 10.2 Å². The van der Waals surface area contributed by atoms with Crippen LogP contribution in [0.25, 0.3) is 0 Å². The Bertz CT molecular complexity index is 798. The molecule has 1 N–H and O–H groups in total. The van der Waals surface area contributed by atoms with Crippen LogP contribution in [0.3, 0.4) is 0 Å². The van der Waals surface area contributed by atoms with Gasteiger partial charge in [0.25, 0.3) is 0 Å². The van der Waals surface area contributed by atoms with E-state index in [2.05, 4.69) is 47.5 Å². The number of likely N-dealkylation sites (tertiary alicyclic amines) is 1. The van der Waals surface area contributed by atoms with Crippen LogP contribution in [-0.2, 0) is 11.2 Å². The van der Waals surface area contributed by atoms with Crippen LogP contribution in [0, 0.1) is 6.92 Å². The van der Waals surface area contributed by atoms with Crippen molar-refractivity contribution in [1.29, 1.82) is 0 Å². The van der Waals surface area contributed by atoms with Crippen molar-refractivity contribution in [3.05, 3.63) is 59.2 Å². The van der Waals surface area contributed by atoms with E-state index in [9.17, 15) is 4.79 Å². The van der Waals surface area contributed by atoms with Gasteiger partial charge in [-0.1, -0.05) is 35.9 Å². The van der Waals surface area contributed by atoms with Gasteiger partial charge in [0.2, 0.25) is 5.91 Å². The molecular formula is C24H32N2O3. The fourth-order valence-corrected chi connectivity index (χ4v) is 3.88. The van der Waals surface area contributed by atoms with Crippen molar-refractivity contribution in [3.63, 3.8) is 0 Å². The molecule has 0 radical (unpaired) electrons. The molecule has 1 aliphatic heterocycles. The molecule has 0 aromatic heterocycles. The molecule has 1 heterocycles. The van der Waals surface area contributed by atoms with E-state index >= 15 is 0 Å². The number of ether oxygens (including phenoxy) is 2. The summed E-state index contributed by atoms with van der Waals surface area (Å²) >= 11 is 0. The van der Waals surface area contributed by atoms with Crippen molar-refractivity contribution in [2.24, 2.45) is 0 Å². The Kier molecular flexibility index (Phi) is 7.53. The van der Waals surface area contributed by atoms with Crippen molar-refractivity contribution in [2.45, 2.75) is 38.6 Å². The van der Waals surface area contributed by atoms with E-state index in [4.69, 9.17) is 9.47 Å². The highest BCUT2D eigenvalue weighted by atomic mass is 16.5. The van der Waals surface area contributed by atoms with Gasteiger partial charge in [-0.2, -0.15) is 0 Å². The highest BCUT2D eigenvalue weighted by molar-refractivity contribution is 5.76. The van der Waals surface area contributed by atoms with Gasteiger partial charge in [0, 0.05) is 13.0 Å². The van der Waals surface area contributed by atoms with Crippen LogP contribution in [0.1, 0.15) is 42.0 Å². The number of nitrogens with one attached hydrogen (secondary N) is 1. The number of carbonyl (C=O) groups excluding carboxylic acids is 1. The van der Waals surface area contributed by atoms with E-state index in [1.54, 1.807) is 14.2 Å². The van der Waals surface area contributed by atoms with Crippen molar-refractivity contribution < 1.29 is 14.3 Å². The summed E-state index contributed by atoms with van der Waals surface area (Å²) in [6.45, 7) is 4.78. The van der Waals surface area contributed by atoms with Crippen LogP contribution < -0.4 is 14.8 Å². The van der Waals surface area contributed by atoms with Crippen LogP contribution in [0.2, 0.25) is 0 Å². The molecule has 0 spiro atoms. The molecule has 1 saturated heterocycles. The second-order valence-electron chi connectivity index (χ2n) is 7.66. The summed E-state index contributed by atoms with van der Waals surface area (Å²) in [6, 6.07) is 14.6. The molecule has 1 amide bonds. The largest absolute Gasteiger partial charge is 0.493 e. The van der Waals surface area contributed by atoms with Crippen LogP contribution >= 0.6 is 0 Å². The summed E-state index contributed by atoms with van der Waals surface area (Å²) in [5.74, 6) is 1.54. The quantitative estimate of drug-likeness (QED) is 0.698. The van der Waals surface area contributed by atoms with Gasteiger partial charge >= 0.3 is 0 Å². The Morgan fingerprint density at radius 1 is 1.03 bits per heavy atom. The first-order valence-electron chi connectivity index (χ1n) is 10.4. The zero-order chi connectivity index (χ0) is 20.6. The van der Waals surface area contributed by atoms with Gasteiger partial charge in [0.15, 0.2) is 11.5 Å². The van der Waals surface area contributed by atoms with E-state index in [0.29, 0.717) is 13.0 Å². The summed E-state index contributed by atoms with van der Waals surface area (Å²) in [4.78, 5) is 14.9. The molecule has 0 aliphatic carbocycles. The maximum atomic E-state index is 12.5. The maximum Gasteiger partial charge on any atom is 0.220 e.